The lowest BCUT2D eigenvalue weighted by Gasteiger charge is -2.20. The van der Waals surface area contributed by atoms with Gasteiger partial charge < -0.3 is 14.2 Å². The van der Waals surface area contributed by atoms with Gasteiger partial charge in [0.25, 0.3) is 5.91 Å². The van der Waals surface area contributed by atoms with E-state index >= 15 is 0 Å². The molecule has 90 valence electrons. The van der Waals surface area contributed by atoms with Crippen molar-refractivity contribution in [3.05, 3.63) is 17.5 Å². The lowest BCUT2D eigenvalue weighted by Crippen LogP contribution is -2.35. The molecule has 0 fully saturated rings. The topological polar surface area (TPSA) is 55.6 Å². The van der Waals surface area contributed by atoms with E-state index in [1.807, 2.05) is 0 Å². The summed E-state index contributed by atoms with van der Waals surface area (Å²) < 4.78 is 9.85. The molecule has 1 heterocycles. The first-order valence-electron chi connectivity index (χ1n) is 4.96. The summed E-state index contributed by atoms with van der Waals surface area (Å²) >= 11 is 3.32. The molecule has 0 aromatic carbocycles. The Morgan fingerprint density at radius 2 is 2.38 bits per heavy atom. The van der Waals surface area contributed by atoms with E-state index in [-0.39, 0.29) is 5.91 Å². The fourth-order valence-electron chi connectivity index (χ4n) is 1.29. The number of carbonyl (C=O) groups excluding carboxylic acids is 1. The van der Waals surface area contributed by atoms with E-state index in [1.54, 1.807) is 18.9 Å². The molecule has 5 nitrogen and oxygen atoms in total. The maximum absolute atomic E-state index is 12.1. The minimum absolute atomic E-state index is 0.0738. The Morgan fingerprint density at radius 1 is 1.62 bits per heavy atom. The number of carbonyl (C=O) groups is 1. The van der Waals surface area contributed by atoms with Crippen LogP contribution in [0.1, 0.15) is 16.1 Å². The van der Waals surface area contributed by atoms with Crippen molar-refractivity contribution in [2.24, 2.45) is 0 Å². The molecule has 0 bridgehead atoms. The highest BCUT2D eigenvalue weighted by Crippen LogP contribution is 2.10. The highest BCUT2D eigenvalue weighted by molar-refractivity contribution is 9.09. The number of nitrogens with zero attached hydrogens (tertiary/aromatic N) is 2. The van der Waals surface area contributed by atoms with Gasteiger partial charge in [-0.3, -0.25) is 4.79 Å². The van der Waals surface area contributed by atoms with Crippen LogP contribution in [0.25, 0.3) is 0 Å². The summed E-state index contributed by atoms with van der Waals surface area (Å²) in [6, 6.07) is 0. The van der Waals surface area contributed by atoms with Crippen molar-refractivity contribution >= 4 is 21.8 Å². The number of aryl methyl sites for hydroxylation is 1. The molecule has 0 N–H and O–H groups in total. The zero-order valence-corrected chi connectivity index (χ0v) is 11.0. The quantitative estimate of drug-likeness (QED) is 0.745. The fraction of sp³-hybridized carbons (Fsp3) is 0.600. The third-order valence-electron chi connectivity index (χ3n) is 2.19. The van der Waals surface area contributed by atoms with Gasteiger partial charge in [-0.05, 0) is 6.92 Å². The van der Waals surface area contributed by atoms with Crippen molar-refractivity contribution in [3.8, 4) is 0 Å². The summed E-state index contributed by atoms with van der Waals surface area (Å²) in [4.78, 5) is 13.8. The number of ether oxygens (including phenoxy) is 1. The Bertz CT molecular complexity index is 341. The SMILES string of the molecule is COCCN(CCBr)C(=O)c1cnoc1C. The van der Waals surface area contributed by atoms with E-state index in [2.05, 4.69) is 21.1 Å². The van der Waals surface area contributed by atoms with Crippen molar-refractivity contribution < 1.29 is 14.1 Å². The van der Waals surface area contributed by atoms with Gasteiger partial charge in [0.2, 0.25) is 0 Å². The molecule has 6 heteroatoms. The van der Waals surface area contributed by atoms with Gasteiger partial charge >= 0.3 is 0 Å². The lowest BCUT2D eigenvalue weighted by molar-refractivity contribution is 0.0707. The Balaban J connectivity index is 2.70. The van der Waals surface area contributed by atoms with Gasteiger partial charge in [0.15, 0.2) is 0 Å². The summed E-state index contributed by atoms with van der Waals surface area (Å²) in [7, 11) is 1.61. The maximum Gasteiger partial charge on any atom is 0.259 e. The molecule has 0 spiro atoms. The van der Waals surface area contributed by atoms with Gasteiger partial charge in [0.05, 0.1) is 12.8 Å². The summed E-state index contributed by atoms with van der Waals surface area (Å²) in [5, 5.41) is 4.33. The van der Waals surface area contributed by atoms with Gasteiger partial charge in [-0.15, -0.1) is 0 Å². The summed E-state index contributed by atoms with van der Waals surface area (Å²) in [6.45, 7) is 3.43. The predicted octanol–water partition coefficient (Wildman–Crippen LogP) is 1.47. The third kappa shape index (κ3) is 3.31. The van der Waals surface area contributed by atoms with Crippen LogP contribution in [0.3, 0.4) is 0 Å². The predicted molar refractivity (Wildman–Crippen MR) is 62.8 cm³/mol. The maximum atomic E-state index is 12.1. The van der Waals surface area contributed by atoms with Crippen molar-refractivity contribution in [1.82, 2.24) is 10.1 Å². The van der Waals surface area contributed by atoms with Crippen LogP contribution >= 0.6 is 15.9 Å². The molecule has 1 aromatic rings. The smallest absolute Gasteiger partial charge is 0.259 e. The van der Waals surface area contributed by atoms with Crippen LogP contribution in [-0.4, -0.2) is 48.1 Å². The van der Waals surface area contributed by atoms with Crippen molar-refractivity contribution in [1.29, 1.82) is 0 Å². The van der Waals surface area contributed by atoms with E-state index in [4.69, 9.17) is 9.26 Å². The molecular weight excluding hydrogens is 276 g/mol. The Morgan fingerprint density at radius 3 is 2.88 bits per heavy atom. The summed E-state index contributed by atoms with van der Waals surface area (Å²) in [6.07, 6.45) is 1.45. The highest BCUT2D eigenvalue weighted by atomic mass is 79.9. The standard InChI is InChI=1S/C10H15BrN2O3/c1-8-9(7-12-16-8)10(14)13(4-3-11)5-6-15-2/h7H,3-6H2,1-2H3. The zero-order chi connectivity index (χ0) is 12.0. The molecule has 0 aliphatic heterocycles. The molecule has 0 atom stereocenters. The van der Waals surface area contributed by atoms with Gasteiger partial charge in [0, 0.05) is 25.5 Å². The summed E-state index contributed by atoms with van der Waals surface area (Å²) in [5.74, 6) is 0.470. The molecule has 0 saturated carbocycles. The minimum atomic E-state index is -0.0738. The van der Waals surface area contributed by atoms with Crippen LogP contribution in [0.2, 0.25) is 0 Å². The van der Waals surface area contributed by atoms with Crippen LogP contribution in [0.15, 0.2) is 10.7 Å². The largest absolute Gasteiger partial charge is 0.383 e. The van der Waals surface area contributed by atoms with Crippen LogP contribution in [0.5, 0.6) is 0 Å². The molecule has 16 heavy (non-hydrogen) atoms. The first kappa shape index (κ1) is 13.2. The summed E-state index contributed by atoms with van der Waals surface area (Å²) in [5.41, 5.74) is 0.511. The Kier molecular flexibility index (Phi) is 5.48. The van der Waals surface area contributed by atoms with E-state index in [1.165, 1.54) is 6.20 Å². The molecular formula is C10H15BrN2O3. The molecule has 0 unspecified atom stereocenters. The fourth-order valence-corrected chi connectivity index (χ4v) is 1.72. The number of hydrogen-bond acceptors (Lipinski definition) is 4. The number of hydrogen-bond donors (Lipinski definition) is 0. The number of halogens is 1. The molecule has 0 aliphatic rings. The molecule has 1 amide bonds. The van der Waals surface area contributed by atoms with Crippen molar-refractivity contribution in [3.63, 3.8) is 0 Å². The van der Waals surface area contributed by atoms with Crippen LogP contribution in [0, 0.1) is 6.92 Å². The van der Waals surface area contributed by atoms with Gasteiger partial charge in [0.1, 0.15) is 11.3 Å². The Labute approximate surface area is 103 Å². The molecule has 0 radical (unpaired) electrons. The van der Waals surface area contributed by atoms with E-state index in [9.17, 15) is 4.79 Å². The van der Waals surface area contributed by atoms with Crippen molar-refractivity contribution in [2.45, 2.75) is 6.92 Å². The van der Waals surface area contributed by atoms with Gasteiger partial charge in [-0.1, -0.05) is 21.1 Å². The number of aromatic nitrogens is 1. The van der Waals surface area contributed by atoms with Crippen LogP contribution < -0.4 is 0 Å². The van der Waals surface area contributed by atoms with Crippen molar-refractivity contribution in [2.75, 3.05) is 32.1 Å². The second-order valence-electron chi connectivity index (χ2n) is 3.27. The number of amides is 1. The van der Waals surface area contributed by atoms with E-state index in [0.717, 1.165) is 5.33 Å². The monoisotopic (exact) mass is 290 g/mol. The molecule has 1 rings (SSSR count). The Hall–Kier alpha value is -0.880. The second kappa shape index (κ2) is 6.65. The minimum Gasteiger partial charge on any atom is -0.383 e. The van der Waals surface area contributed by atoms with E-state index in [0.29, 0.717) is 31.0 Å². The lowest BCUT2D eigenvalue weighted by atomic mass is 10.2. The van der Waals surface area contributed by atoms with Crippen LogP contribution in [-0.2, 0) is 4.74 Å². The zero-order valence-electron chi connectivity index (χ0n) is 9.40. The number of methoxy groups -OCH3 is 1. The second-order valence-corrected chi connectivity index (χ2v) is 4.06. The van der Waals surface area contributed by atoms with Crippen LogP contribution in [0.4, 0.5) is 0 Å². The van der Waals surface area contributed by atoms with E-state index < -0.39 is 0 Å². The molecule has 1 aromatic heterocycles. The highest BCUT2D eigenvalue weighted by Gasteiger charge is 2.19. The first-order chi connectivity index (χ1) is 7.70. The molecule has 0 saturated heterocycles. The average Bonchev–Trinajstić information content (AvgIpc) is 2.69. The normalized spacial score (nSPS) is 10.4. The first-order valence-corrected chi connectivity index (χ1v) is 6.08. The molecule has 0 aliphatic carbocycles. The average molecular weight is 291 g/mol. The third-order valence-corrected chi connectivity index (χ3v) is 2.54. The number of rotatable bonds is 6. The number of alkyl halides is 1. The van der Waals surface area contributed by atoms with Gasteiger partial charge in [-0.2, -0.15) is 0 Å². The van der Waals surface area contributed by atoms with Gasteiger partial charge in [-0.25, -0.2) is 0 Å².